The molecule has 0 bridgehead atoms. The highest BCUT2D eigenvalue weighted by Gasteiger charge is 2.25. The van der Waals surface area contributed by atoms with Gasteiger partial charge in [-0.2, -0.15) is 0 Å². The van der Waals surface area contributed by atoms with Crippen molar-refractivity contribution in [1.82, 2.24) is 25.1 Å². The van der Waals surface area contributed by atoms with Crippen LogP contribution < -0.4 is 15.4 Å². The zero-order valence-electron chi connectivity index (χ0n) is 18.1. The number of ether oxygens (including phenoxy) is 1. The Kier molecular flexibility index (Phi) is 11.0. The van der Waals surface area contributed by atoms with Gasteiger partial charge in [-0.05, 0) is 45.3 Å². The van der Waals surface area contributed by atoms with Gasteiger partial charge in [0.25, 0.3) is 0 Å². The van der Waals surface area contributed by atoms with E-state index >= 15 is 0 Å². The second-order valence-electron chi connectivity index (χ2n) is 7.30. The molecule has 0 aliphatic carbocycles. The second kappa shape index (κ2) is 13.5. The zero-order valence-corrected chi connectivity index (χ0v) is 20.4. The van der Waals surface area contributed by atoms with Gasteiger partial charge in [0.05, 0.1) is 26.0 Å². The van der Waals surface area contributed by atoms with Crippen molar-refractivity contribution in [1.29, 1.82) is 0 Å². The van der Waals surface area contributed by atoms with E-state index in [1.165, 1.54) is 18.4 Å². The average molecular weight is 526 g/mol. The normalized spacial score (nSPS) is 15.5. The Morgan fingerprint density at radius 1 is 1.23 bits per heavy atom. The fraction of sp³-hybridized carbons (Fsp3) is 0.545. The number of nitrogens with one attached hydrogen (secondary N) is 2. The molecule has 0 radical (unpaired) electrons. The van der Waals surface area contributed by atoms with Crippen molar-refractivity contribution in [2.45, 2.75) is 38.8 Å². The van der Waals surface area contributed by atoms with Crippen LogP contribution in [0.2, 0.25) is 0 Å². The molecule has 2 N–H and O–H groups in total. The third-order valence-corrected chi connectivity index (χ3v) is 5.29. The molecule has 1 saturated heterocycles. The van der Waals surface area contributed by atoms with Crippen molar-refractivity contribution in [2.75, 3.05) is 39.8 Å². The van der Waals surface area contributed by atoms with Crippen LogP contribution in [0.5, 0.6) is 5.75 Å². The lowest BCUT2D eigenvalue weighted by Crippen LogP contribution is -2.39. The molecule has 8 heteroatoms. The largest absolute Gasteiger partial charge is 0.496 e. The molecule has 1 unspecified atom stereocenters. The smallest absolute Gasteiger partial charge is 0.191 e. The highest BCUT2D eigenvalue weighted by atomic mass is 127. The van der Waals surface area contributed by atoms with Crippen LogP contribution in [0, 0.1) is 0 Å². The van der Waals surface area contributed by atoms with E-state index in [1.807, 2.05) is 30.9 Å². The minimum atomic E-state index is 0. The maximum atomic E-state index is 5.64. The number of benzene rings is 1. The molecule has 7 nitrogen and oxygen atoms in total. The van der Waals surface area contributed by atoms with Crippen LogP contribution in [-0.4, -0.2) is 60.2 Å². The van der Waals surface area contributed by atoms with Gasteiger partial charge in [0.1, 0.15) is 5.75 Å². The molecule has 2 aromatic rings. The van der Waals surface area contributed by atoms with E-state index in [-0.39, 0.29) is 30.0 Å². The van der Waals surface area contributed by atoms with Crippen molar-refractivity contribution in [3.8, 4) is 5.75 Å². The SMILES string of the molecule is CCNC(=NCC(c1ccccc1OC)N1CCCC1)NCCCn1ccnc1.I. The standard InChI is InChI=1S/C22H34N6O.HI/c1-3-24-22(25-11-8-13-27-16-12-23-18-27)26-17-20(28-14-6-7-15-28)19-9-4-5-10-21(19)29-2;/h4-5,9-10,12,16,18,20H,3,6-8,11,13-15,17H2,1-2H3,(H2,24,25,26);1H. The van der Waals surface area contributed by atoms with Crippen molar-refractivity contribution in [3.63, 3.8) is 0 Å². The maximum absolute atomic E-state index is 5.64. The Bertz CT molecular complexity index is 746. The van der Waals surface area contributed by atoms with Crippen molar-refractivity contribution in [3.05, 3.63) is 48.5 Å². The molecular weight excluding hydrogens is 491 g/mol. The fourth-order valence-electron chi connectivity index (χ4n) is 3.81. The Hall–Kier alpha value is -1.81. The zero-order chi connectivity index (χ0) is 20.3. The van der Waals surface area contributed by atoms with E-state index in [0.717, 1.165) is 50.9 Å². The summed E-state index contributed by atoms with van der Waals surface area (Å²) in [6.07, 6.45) is 9.18. The summed E-state index contributed by atoms with van der Waals surface area (Å²) in [5.74, 6) is 1.81. The first-order valence-electron chi connectivity index (χ1n) is 10.7. The molecule has 1 aliphatic heterocycles. The third-order valence-electron chi connectivity index (χ3n) is 5.29. The summed E-state index contributed by atoms with van der Waals surface area (Å²) < 4.78 is 7.74. The number of methoxy groups -OCH3 is 1. The summed E-state index contributed by atoms with van der Waals surface area (Å²) in [5, 5.41) is 6.84. The third kappa shape index (κ3) is 7.16. The lowest BCUT2D eigenvalue weighted by atomic mass is 10.0. The van der Waals surface area contributed by atoms with Gasteiger partial charge in [-0.25, -0.2) is 4.98 Å². The van der Waals surface area contributed by atoms with Crippen LogP contribution >= 0.6 is 24.0 Å². The number of para-hydroxylation sites is 1. The van der Waals surface area contributed by atoms with Gasteiger partial charge in [0.2, 0.25) is 0 Å². The molecule has 1 aromatic heterocycles. The summed E-state index contributed by atoms with van der Waals surface area (Å²) in [4.78, 5) is 11.5. The number of rotatable bonds is 10. The molecule has 0 amide bonds. The first-order valence-corrected chi connectivity index (χ1v) is 10.7. The van der Waals surface area contributed by atoms with E-state index in [1.54, 1.807) is 7.11 Å². The van der Waals surface area contributed by atoms with Crippen LogP contribution in [0.25, 0.3) is 0 Å². The molecule has 0 spiro atoms. The van der Waals surface area contributed by atoms with Gasteiger partial charge in [-0.15, -0.1) is 24.0 Å². The van der Waals surface area contributed by atoms with Gasteiger partial charge in [0, 0.05) is 37.6 Å². The van der Waals surface area contributed by atoms with Gasteiger partial charge < -0.3 is 19.9 Å². The van der Waals surface area contributed by atoms with Crippen molar-refractivity contribution >= 4 is 29.9 Å². The van der Waals surface area contributed by atoms with Crippen molar-refractivity contribution in [2.24, 2.45) is 4.99 Å². The first-order chi connectivity index (χ1) is 14.3. The average Bonchev–Trinajstić information content (AvgIpc) is 3.46. The lowest BCUT2D eigenvalue weighted by molar-refractivity contribution is 0.245. The second-order valence-corrected chi connectivity index (χ2v) is 7.30. The van der Waals surface area contributed by atoms with E-state index in [4.69, 9.17) is 9.73 Å². The number of guanidine groups is 1. The lowest BCUT2D eigenvalue weighted by Gasteiger charge is -2.28. The predicted octanol–water partition coefficient (Wildman–Crippen LogP) is 3.29. The Morgan fingerprint density at radius 3 is 2.73 bits per heavy atom. The van der Waals surface area contributed by atoms with Crippen LogP contribution in [-0.2, 0) is 6.54 Å². The maximum Gasteiger partial charge on any atom is 0.191 e. The number of aryl methyl sites for hydroxylation is 1. The number of hydrogen-bond donors (Lipinski definition) is 2. The first kappa shape index (κ1) is 24.5. The van der Waals surface area contributed by atoms with Gasteiger partial charge in [-0.3, -0.25) is 9.89 Å². The van der Waals surface area contributed by atoms with Crippen LogP contribution in [0.4, 0.5) is 0 Å². The summed E-state index contributed by atoms with van der Waals surface area (Å²) in [7, 11) is 1.75. The molecule has 1 fully saturated rings. The Morgan fingerprint density at radius 2 is 2.03 bits per heavy atom. The molecule has 30 heavy (non-hydrogen) atoms. The minimum absolute atomic E-state index is 0. The number of nitrogens with zero attached hydrogens (tertiary/aromatic N) is 4. The monoisotopic (exact) mass is 526 g/mol. The molecule has 2 heterocycles. The molecule has 1 atom stereocenters. The highest BCUT2D eigenvalue weighted by molar-refractivity contribution is 14.0. The van der Waals surface area contributed by atoms with E-state index in [2.05, 4.69) is 44.1 Å². The summed E-state index contributed by atoms with van der Waals surface area (Å²) in [5.41, 5.74) is 1.22. The highest BCUT2D eigenvalue weighted by Crippen LogP contribution is 2.31. The summed E-state index contributed by atoms with van der Waals surface area (Å²) >= 11 is 0. The van der Waals surface area contributed by atoms with Crippen LogP contribution in [0.15, 0.2) is 48.0 Å². The molecule has 3 rings (SSSR count). The summed E-state index contributed by atoms with van der Waals surface area (Å²) in [6, 6.07) is 8.56. The van der Waals surface area contributed by atoms with E-state index in [9.17, 15) is 0 Å². The topological polar surface area (TPSA) is 66.7 Å². The fourth-order valence-corrected chi connectivity index (χ4v) is 3.81. The number of aromatic nitrogens is 2. The number of aliphatic imine (C=N–C) groups is 1. The number of likely N-dealkylation sites (tertiary alicyclic amines) is 1. The summed E-state index contributed by atoms with van der Waals surface area (Å²) in [6.45, 7) is 7.70. The molecule has 1 aromatic carbocycles. The molecule has 0 saturated carbocycles. The van der Waals surface area contributed by atoms with Gasteiger partial charge >= 0.3 is 0 Å². The molecule has 1 aliphatic rings. The van der Waals surface area contributed by atoms with Gasteiger partial charge in [0.15, 0.2) is 5.96 Å². The molecular formula is C22H35IN6O. The quantitative estimate of drug-likeness (QED) is 0.215. The Balaban J connectivity index is 0.00000320. The number of halogens is 1. The van der Waals surface area contributed by atoms with Crippen LogP contribution in [0.1, 0.15) is 37.8 Å². The predicted molar refractivity (Wildman–Crippen MR) is 133 cm³/mol. The van der Waals surface area contributed by atoms with E-state index in [0.29, 0.717) is 6.54 Å². The van der Waals surface area contributed by atoms with Crippen molar-refractivity contribution < 1.29 is 4.74 Å². The number of imidazole rings is 1. The van der Waals surface area contributed by atoms with Gasteiger partial charge in [-0.1, -0.05) is 18.2 Å². The van der Waals surface area contributed by atoms with E-state index < -0.39 is 0 Å². The number of hydrogen-bond acceptors (Lipinski definition) is 4. The molecule has 166 valence electrons. The van der Waals surface area contributed by atoms with Crippen LogP contribution in [0.3, 0.4) is 0 Å². The minimum Gasteiger partial charge on any atom is -0.496 e. The Labute approximate surface area is 197 Å².